The number of aromatic nitrogens is 4. The van der Waals surface area contributed by atoms with Crippen molar-refractivity contribution in [3.05, 3.63) is 95.3 Å². The predicted octanol–water partition coefficient (Wildman–Crippen LogP) is 4.13. The van der Waals surface area contributed by atoms with Gasteiger partial charge in [0, 0.05) is 17.5 Å². The summed E-state index contributed by atoms with van der Waals surface area (Å²) in [6.07, 6.45) is 3.29. The maximum atomic E-state index is 13.3. The van der Waals surface area contributed by atoms with Gasteiger partial charge in [-0.25, -0.2) is 9.07 Å². The zero-order valence-corrected chi connectivity index (χ0v) is 16.1. The van der Waals surface area contributed by atoms with Crippen molar-refractivity contribution in [3.63, 3.8) is 0 Å². The Labute approximate surface area is 167 Å². The third kappa shape index (κ3) is 4.24. The highest BCUT2D eigenvalue weighted by Gasteiger charge is 2.10. The molecule has 0 bridgehead atoms. The fraction of sp³-hybridized carbons (Fsp3) is 0.136. The third-order valence-corrected chi connectivity index (χ3v) is 4.51. The molecule has 6 nitrogen and oxygen atoms in total. The van der Waals surface area contributed by atoms with Gasteiger partial charge in [0.2, 0.25) is 0 Å². The average Bonchev–Trinajstić information content (AvgIpc) is 3.27. The van der Waals surface area contributed by atoms with Crippen LogP contribution in [0.3, 0.4) is 0 Å². The lowest BCUT2D eigenvalue weighted by molar-refractivity contribution is 0.102. The van der Waals surface area contributed by atoms with E-state index < -0.39 is 0 Å². The standard InChI is InChI=1S/C22H20FN5O/c1-15-10-16(2)28(26-15)21-8-6-18(7-9-21)22(29)25-20-12-24-27(14-20)13-17-4-3-5-19(23)11-17/h3-12,14H,13H2,1-2H3,(H,25,29). The number of carbonyl (C=O) groups is 1. The van der Waals surface area contributed by atoms with Gasteiger partial charge in [-0.15, -0.1) is 0 Å². The van der Waals surface area contributed by atoms with E-state index in [-0.39, 0.29) is 11.7 Å². The molecule has 0 unspecified atom stereocenters. The first-order chi connectivity index (χ1) is 14.0. The van der Waals surface area contributed by atoms with Crippen molar-refractivity contribution < 1.29 is 9.18 Å². The SMILES string of the molecule is Cc1cc(C)n(-c2ccc(C(=O)Nc3cnn(Cc4cccc(F)c4)c3)cc2)n1. The molecule has 0 fully saturated rings. The fourth-order valence-electron chi connectivity index (χ4n) is 3.18. The Morgan fingerprint density at radius 1 is 1.10 bits per heavy atom. The molecule has 2 aromatic heterocycles. The monoisotopic (exact) mass is 389 g/mol. The lowest BCUT2D eigenvalue weighted by Gasteiger charge is -2.06. The Kier molecular flexibility index (Phi) is 4.95. The number of halogens is 1. The maximum Gasteiger partial charge on any atom is 0.255 e. The molecule has 1 amide bonds. The number of carbonyl (C=O) groups excluding carboxylic acids is 1. The molecule has 0 aliphatic carbocycles. The van der Waals surface area contributed by atoms with E-state index in [0.717, 1.165) is 22.6 Å². The highest BCUT2D eigenvalue weighted by molar-refractivity contribution is 6.04. The highest BCUT2D eigenvalue weighted by atomic mass is 19.1. The fourth-order valence-corrected chi connectivity index (χ4v) is 3.18. The summed E-state index contributed by atoms with van der Waals surface area (Å²) in [5, 5.41) is 11.5. The van der Waals surface area contributed by atoms with Gasteiger partial charge in [-0.3, -0.25) is 9.48 Å². The Hall–Kier alpha value is -3.74. The van der Waals surface area contributed by atoms with Crippen LogP contribution in [0.25, 0.3) is 5.69 Å². The predicted molar refractivity (Wildman–Crippen MR) is 109 cm³/mol. The highest BCUT2D eigenvalue weighted by Crippen LogP contribution is 2.15. The summed E-state index contributed by atoms with van der Waals surface area (Å²) in [6, 6.07) is 15.6. The molecule has 4 aromatic rings. The molecule has 0 saturated heterocycles. The van der Waals surface area contributed by atoms with Gasteiger partial charge in [0.25, 0.3) is 5.91 Å². The van der Waals surface area contributed by atoms with Crippen molar-refractivity contribution in [2.24, 2.45) is 0 Å². The van der Waals surface area contributed by atoms with E-state index in [1.165, 1.54) is 12.1 Å². The summed E-state index contributed by atoms with van der Waals surface area (Å²) in [7, 11) is 0. The molecule has 7 heteroatoms. The normalized spacial score (nSPS) is 10.9. The first-order valence-electron chi connectivity index (χ1n) is 9.20. The van der Waals surface area contributed by atoms with Gasteiger partial charge in [0.05, 0.1) is 29.8 Å². The van der Waals surface area contributed by atoms with Crippen LogP contribution in [0.4, 0.5) is 10.1 Å². The molecule has 0 spiro atoms. The largest absolute Gasteiger partial charge is 0.319 e. The molecule has 4 rings (SSSR count). The van der Waals surface area contributed by atoms with Crippen molar-refractivity contribution >= 4 is 11.6 Å². The van der Waals surface area contributed by atoms with Crippen LogP contribution in [0.5, 0.6) is 0 Å². The van der Waals surface area contributed by atoms with Crippen molar-refractivity contribution in [1.29, 1.82) is 0 Å². The molecule has 2 heterocycles. The molecular weight excluding hydrogens is 369 g/mol. The third-order valence-electron chi connectivity index (χ3n) is 4.51. The van der Waals surface area contributed by atoms with Crippen LogP contribution >= 0.6 is 0 Å². The van der Waals surface area contributed by atoms with Gasteiger partial charge in [-0.1, -0.05) is 12.1 Å². The minimum atomic E-state index is -0.285. The van der Waals surface area contributed by atoms with Gasteiger partial charge < -0.3 is 5.32 Å². The molecule has 1 N–H and O–H groups in total. The molecule has 0 saturated carbocycles. The van der Waals surface area contributed by atoms with E-state index in [4.69, 9.17) is 0 Å². The lowest BCUT2D eigenvalue weighted by Crippen LogP contribution is -2.11. The van der Waals surface area contributed by atoms with Crippen LogP contribution in [-0.2, 0) is 6.54 Å². The second kappa shape index (κ2) is 7.71. The summed E-state index contributed by atoms with van der Waals surface area (Å²) >= 11 is 0. The van der Waals surface area contributed by atoms with E-state index in [1.54, 1.807) is 35.3 Å². The quantitative estimate of drug-likeness (QED) is 0.558. The van der Waals surface area contributed by atoms with Crippen LogP contribution in [0, 0.1) is 19.7 Å². The molecule has 146 valence electrons. The van der Waals surface area contributed by atoms with Crippen molar-refractivity contribution in [2.45, 2.75) is 20.4 Å². The smallest absolute Gasteiger partial charge is 0.255 e. The number of benzene rings is 2. The second-order valence-corrected chi connectivity index (χ2v) is 6.90. The number of rotatable bonds is 5. The van der Waals surface area contributed by atoms with Gasteiger partial charge in [0.1, 0.15) is 5.82 Å². The number of hydrogen-bond acceptors (Lipinski definition) is 3. The molecule has 0 radical (unpaired) electrons. The van der Waals surface area contributed by atoms with Gasteiger partial charge in [-0.05, 0) is 61.9 Å². The Morgan fingerprint density at radius 3 is 2.59 bits per heavy atom. The summed E-state index contributed by atoms with van der Waals surface area (Å²) in [5.74, 6) is -0.512. The number of nitrogens with one attached hydrogen (secondary N) is 1. The first kappa shape index (κ1) is 18.6. The van der Waals surface area contributed by atoms with Crippen molar-refractivity contribution in [2.75, 3.05) is 5.32 Å². The molecule has 0 aliphatic rings. The molecular formula is C22H20FN5O. The Morgan fingerprint density at radius 2 is 1.90 bits per heavy atom. The van der Waals surface area contributed by atoms with E-state index >= 15 is 0 Å². The summed E-state index contributed by atoms with van der Waals surface area (Å²) in [6.45, 7) is 4.35. The number of anilines is 1. The minimum Gasteiger partial charge on any atom is -0.319 e. The van der Waals surface area contributed by atoms with Gasteiger partial charge in [-0.2, -0.15) is 10.2 Å². The maximum absolute atomic E-state index is 13.3. The number of hydrogen-bond donors (Lipinski definition) is 1. The Bertz CT molecular complexity index is 1160. The summed E-state index contributed by atoms with van der Waals surface area (Å²) < 4.78 is 16.8. The molecule has 29 heavy (non-hydrogen) atoms. The van der Waals surface area contributed by atoms with Crippen LogP contribution in [-0.4, -0.2) is 25.5 Å². The van der Waals surface area contributed by atoms with Gasteiger partial charge >= 0.3 is 0 Å². The number of amides is 1. The molecule has 0 atom stereocenters. The van der Waals surface area contributed by atoms with E-state index in [9.17, 15) is 9.18 Å². The van der Waals surface area contributed by atoms with Crippen molar-refractivity contribution in [1.82, 2.24) is 19.6 Å². The first-order valence-corrected chi connectivity index (χ1v) is 9.20. The number of aryl methyl sites for hydroxylation is 2. The molecule has 0 aliphatic heterocycles. The zero-order valence-electron chi connectivity index (χ0n) is 16.1. The minimum absolute atomic E-state index is 0.227. The topological polar surface area (TPSA) is 64.7 Å². The van der Waals surface area contributed by atoms with Crippen LogP contribution in [0.2, 0.25) is 0 Å². The van der Waals surface area contributed by atoms with Crippen LogP contribution in [0.1, 0.15) is 27.3 Å². The summed E-state index contributed by atoms with van der Waals surface area (Å²) in [5.41, 5.74) is 4.79. The van der Waals surface area contributed by atoms with E-state index in [2.05, 4.69) is 15.5 Å². The summed E-state index contributed by atoms with van der Waals surface area (Å²) in [4.78, 5) is 12.5. The van der Waals surface area contributed by atoms with E-state index in [0.29, 0.717) is 17.8 Å². The van der Waals surface area contributed by atoms with E-state index in [1.807, 2.05) is 42.8 Å². The van der Waals surface area contributed by atoms with Crippen molar-refractivity contribution in [3.8, 4) is 5.69 Å². The Balaban J connectivity index is 1.43. The zero-order chi connectivity index (χ0) is 20.4. The second-order valence-electron chi connectivity index (χ2n) is 6.90. The molecule has 2 aromatic carbocycles. The van der Waals surface area contributed by atoms with Crippen LogP contribution in [0.15, 0.2) is 67.0 Å². The van der Waals surface area contributed by atoms with Gasteiger partial charge in [0.15, 0.2) is 0 Å². The average molecular weight is 389 g/mol. The lowest BCUT2D eigenvalue weighted by atomic mass is 10.2. The van der Waals surface area contributed by atoms with Crippen LogP contribution < -0.4 is 5.32 Å². The number of nitrogens with zero attached hydrogens (tertiary/aromatic N) is 4.